The standard InChI is InChI=1S/C21H21FN2O/c1-15(19-8-4-6-17-5-2-3-7-20(17)19)23-14-21(25)24-13-16-9-11-18(22)12-10-16/h2-12,15,23H,13-14H2,1H3,(H,24,25)/p+1/t15-/m1/s1. The fourth-order valence-corrected chi connectivity index (χ4v) is 2.93. The van der Waals surface area contributed by atoms with Gasteiger partial charge in [0.05, 0.1) is 0 Å². The van der Waals surface area contributed by atoms with Gasteiger partial charge in [-0.2, -0.15) is 0 Å². The van der Waals surface area contributed by atoms with E-state index in [9.17, 15) is 9.18 Å². The lowest BCUT2D eigenvalue weighted by Crippen LogP contribution is -2.87. The molecular formula is C21H22FN2O+. The summed E-state index contributed by atoms with van der Waals surface area (Å²) < 4.78 is 12.9. The van der Waals surface area contributed by atoms with Gasteiger partial charge in [0.25, 0.3) is 5.91 Å². The van der Waals surface area contributed by atoms with Crippen LogP contribution < -0.4 is 10.6 Å². The summed E-state index contributed by atoms with van der Waals surface area (Å²) >= 11 is 0. The summed E-state index contributed by atoms with van der Waals surface area (Å²) in [5.41, 5.74) is 2.11. The van der Waals surface area contributed by atoms with Gasteiger partial charge in [0.1, 0.15) is 11.9 Å². The molecular weight excluding hydrogens is 315 g/mol. The predicted molar refractivity (Wildman–Crippen MR) is 97.4 cm³/mol. The number of benzene rings is 3. The highest BCUT2D eigenvalue weighted by atomic mass is 19.1. The molecule has 0 bridgehead atoms. The minimum Gasteiger partial charge on any atom is -0.347 e. The van der Waals surface area contributed by atoms with Crippen LogP contribution in [0.2, 0.25) is 0 Å². The predicted octanol–water partition coefficient (Wildman–Crippen LogP) is 2.92. The Morgan fingerprint density at radius 3 is 2.56 bits per heavy atom. The van der Waals surface area contributed by atoms with Gasteiger partial charge in [-0.25, -0.2) is 4.39 Å². The van der Waals surface area contributed by atoms with Crippen LogP contribution in [0.15, 0.2) is 66.7 Å². The highest BCUT2D eigenvalue weighted by Crippen LogP contribution is 2.21. The van der Waals surface area contributed by atoms with E-state index in [-0.39, 0.29) is 17.8 Å². The lowest BCUT2D eigenvalue weighted by Gasteiger charge is -2.13. The quantitative estimate of drug-likeness (QED) is 0.714. The molecule has 0 aromatic heterocycles. The van der Waals surface area contributed by atoms with Gasteiger partial charge in [-0.15, -0.1) is 0 Å². The van der Waals surface area contributed by atoms with Crippen molar-refractivity contribution >= 4 is 16.7 Å². The smallest absolute Gasteiger partial charge is 0.275 e. The van der Waals surface area contributed by atoms with Crippen LogP contribution in [0.25, 0.3) is 10.8 Å². The number of carbonyl (C=O) groups excluding carboxylic acids is 1. The number of hydrogen-bond acceptors (Lipinski definition) is 1. The molecule has 1 atom stereocenters. The van der Waals surface area contributed by atoms with Crippen molar-refractivity contribution in [1.82, 2.24) is 5.32 Å². The summed E-state index contributed by atoms with van der Waals surface area (Å²) in [7, 11) is 0. The molecule has 25 heavy (non-hydrogen) atoms. The van der Waals surface area contributed by atoms with Crippen LogP contribution in [0.1, 0.15) is 24.1 Å². The lowest BCUT2D eigenvalue weighted by molar-refractivity contribution is -0.682. The first-order chi connectivity index (χ1) is 12.1. The Balaban J connectivity index is 1.55. The van der Waals surface area contributed by atoms with E-state index in [1.165, 1.54) is 28.5 Å². The molecule has 0 fully saturated rings. The average Bonchev–Trinajstić information content (AvgIpc) is 2.65. The third-order valence-corrected chi connectivity index (χ3v) is 4.37. The van der Waals surface area contributed by atoms with Gasteiger partial charge in [0.15, 0.2) is 6.54 Å². The molecule has 0 radical (unpaired) electrons. The van der Waals surface area contributed by atoms with E-state index in [2.05, 4.69) is 42.6 Å². The Morgan fingerprint density at radius 2 is 1.76 bits per heavy atom. The zero-order valence-electron chi connectivity index (χ0n) is 14.2. The highest BCUT2D eigenvalue weighted by molar-refractivity contribution is 5.85. The number of nitrogens with two attached hydrogens (primary N) is 1. The zero-order chi connectivity index (χ0) is 17.6. The second-order valence-corrected chi connectivity index (χ2v) is 6.20. The summed E-state index contributed by atoms with van der Waals surface area (Å²) in [5.74, 6) is -0.302. The minimum absolute atomic E-state index is 0.0311. The summed E-state index contributed by atoms with van der Waals surface area (Å²) in [6.45, 7) is 2.87. The molecule has 3 nitrogen and oxygen atoms in total. The number of rotatable bonds is 6. The SMILES string of the molecule is C[C@@H]([NH2+]CC(=O)NCc1ccc(F)cc1)c1cccc2ccccc12. The van der Waals surface area contributed by atoms with Crippen molar-refractivity contribution < 1.29 is 14.5 Å². The molecule has 0 spiro atoms. The van der Waals surface area contributed by atoms with E-state index < -0.39 is 0 Å². The van der Waals surface area contributed by atoms with E-state index >= 15 is 0 Å². The van der Waals surface area contributed by atoms with Crippen molar-refractivity contribution in [2.45, 2.75) is 19.5 Å². The topological polar surface area (TPSA) is 45.7 Å². The van der Waals surface area contributed by atoms with Crippen LogP contribution in [0, 0.1) is 5.82 Å². The number of fused-ring (bicyclic) bond motifs is 1. The van der Waals surface area contributed by atoms with Crippen LogP contribution in [0.5, 0.6) is 0 Å². The maximum Gasteiger partial charge on any atom is 0.275 e. The van der Waals surface area contributed by atoms with Crippen LogP contribution in [0.3, 0.4) is 0 Å². The third kappa shape index (κ3) is 4.43. The number of hydrogen-bond donors (Lipinski definition) is 2. The first kappa shape index (κ1) is 17.1. The Morgan fingerprint density at radius 1 is 1.04 bits per heavy atom. The second-order valence-electron chi connectivity index (χ2n) is 6.20. The maximum atomic E-state index is 12.9. The zero-order valence-corrected chi connectivity index (χ0v) is 14.2. The van der Waals surface area contributed by atoms with Gasteiger partial charge in [0.2, 0.25) is 0 Å². The van der Waals surface area contributed by atoms with E-state index in [4.69, 9.17) is 0 Å². The Hall–Kier alpha value is -2.72. The van der Waals surface area contributed by atoms with E-state index in [1.807, 2.05) is 17.4 Å². The summed E-state index contributed by atoms with van der Waals surface area (Å²) in [6, 6.07) is 20.9. The monoisotopic (exact) mass is 337 g/mol. The van der Waals surface area contributed by atoms with Crippen LogP contribution in [-0.4, -0.2) is 12.5 Å². The molecule has 3 aromatic carbocycles. The minimum atomic E-state index is -0.271. The van der Waals surface area contributed by atoms with Gasteiger partial charge in [-0.3, -0.25) is 4.79 Å². The lowest BCUT2D eigenvalue weighted by atomic mass is 10.00. The molecule has 1 amide bonds. The third-order valence-electron chi connectivity index (χ3n) is 4.37. The van der Waals surface area contributed by atoms with E-state index in [0.717, 1.165) is 5.56 Å². The fourth-order valence-electron chi connectivity index (χ4n) is 2.93. The van der Waals surface area contributed by atoms with Crippen LogP contribution in [-0.2, 0) is 11.3 Å². The fraction of sp³-hybridized carbons (Fsp3) is 0.190. The molecule has 0 aliphatic heterocycles. The van der Waals surface area contributed by atoms with E-state index in [0.29, 0.717) is 13.1 Å². The van der Waals surface area contributed by atoms with Gasteiger partial charge in [0, 0.05) is 12.1 Å². The molecule has 0 aliphatic carbocycles. The van der Waals surface area contributed by atoms with Crippen molar-refractivity contribution in [1.29, 1.82) is 0 Å². The Labute approximate surface area is 146 Å². The summed E-state index contributed by atoms with van der Waals surface area (Å²) in [4.78, 5) is 12.1. The van der Waals surface area contributed by atoms with Crippen molar-refractivity contribution in [3.63, 3.8) is 0 Å². The molecule has 3 aromatic rings. The number of nitrogens with one attached hydrogen (secondary N) is 1. The van der Waals surface area contributed by atoms with Gasteiger partial charge in [-0.05, 0) is 35.4 Å². The van der Waals surface area contributed by atoms with Crippen molar-refractivity contribution in [2.75, 3.05) is 6.54 Å². The molecule has 0 heterocycles. The van der Waals surface area contributed by atoms with E-state index in [1.54, 1.807) is 12.1 Å². The Bertz CT molecular complexity index is 856. The van der Waals surface area contributed by atoms with Crippen molar-refractivity contribution in [3.8, 4) is 0 Å². The normalized spacial score (nSPS) is 12.1. The summed E-state index contributed by atoms with van der Waals surface area (Å²) in [6.07, 6.45) is 0. The first-order valence-corrected chi connectivity index (χ1v) is 8.45. The molecule has 0 saturated carbocycles. The largest absolute Gasteiger partial charge is 0.347 e. The van der Waals surface area contributed by atoms with Gasteiger partial charge in [-0.1, -0.05) is 54.6 Å². The average molecular weight is 337 g/mol. The number of halogens is 1. The second kappa shape index (κ2) is 7.90. The van der Waals surface area contributed by atoms with Crippen molar-refractivity contribution in [2.24, 2.45) is 0 Å². The number of quaternary nitrogens is 1. The highest BCUT2D eigenvalue weighted by Gasteiger charge is 2.13. The van der Waals surface area contributed by atoms with Crippen LogP contribution in [0.4, 0.5) is 4.39 Å². The number of amides is 1. The van der Waals surface area contributed by atoms with Gasteiger partial charge < -0.3 is 10.6 Å². The van der Waals surface area contributed by atoms with Gasteiger partial charge >= 0.3 is 0 Å². The molecule has 0 saturated heterocycles. The Kier molecular flexibility index (Phi) is 5.41. The molecule has 0 aliphatic rings. The first-order valence-electron chi connectivity index (χ1n) is 8.45. The van der Waals surface area contributed by atoms with Crippen LogP contribution >= 0.6 is 0 Å². The maximum absolute atomic E-state index is 12.9. The number of carbonyl (C=O) groups is 1. The molecule has 3 rings (SSSR count). The molecule has 4 heteroatoms. The summed E-state index contributed by atoms with van der Waals surface area (Å²) in [5, 5.41) is 7.33. The van der Waals surface area contributed by atoms with Crippen molar-refractivity contribution in [3.05, 3.63) is 83.7 Å². The molecule has 0 unspecified atom stereocenters. The molecule has 3 N–H and O–H groups in total. The molecule has 128 valence electrons.